The fourth-order valence-electron chi connectivity index (χ4n) is 0.652. The molecule has 0 aliphatic rings. The number of nitro groups is 1. The molecule has 0 saturated carbocycles. The molecule has 0 unspecified atom stereocenters. The molecule has 0 aliphatic heterocycles. The molecule has 0 spiro atoms. The maximum Gasteiger partial charge on any atom is 0.363 e. The Labute approximate surface area is 76.7 Å². The van der Waals surface area contributed by atoms with E-state index in [9.17, 15) is 10.1 Å². The predicted octanol–water partition coefficient (Wildman–Crippen LogP) is 1.91. The average Bonchev–Trinajstić information content (AvgIpc) is 2.13. The number of hydrogen-bond acceptors (Lipinski definition) is 4. The average molecular weight is 183 g/mol. The highest BCUT2D eigenvalue weighted by molar-refractivity contribution is 5.46. The van der Waals surface area contributed by atoms with Gasteiger partial charge >= 0.3 is 5.82 Å². The summed E-state index contributed by atoms with van der Waals surface area (Å²) in [4.78, 5) is 13.1. The van der Waals surface area contributed by atoms with E-state index in [2.05, 4.69) is 4.98 Å². The first-order valence-electron chi connectivity index (χ1n) is 3.98. The van der Waals surface area contributed by atoms with Gasteiger partial charge in [0, 0.05) is 6.07 Å². The van der Waals surface area contributed by atoms with Gasteiger partial charge in [-0.05, 0) is 22.4 Å². The normalized spacial score (nSPS) is 8.54. The van der Waals surface area contributed by atoms with E-state index >= 15 is 0 Å². The van der Waals surface area contributed by atoms with Crippen LogP contribution in [0.3, 0.4) is 0 Å². The van der Waals surface area contributed by atoms with E-state index in [1.165, 1.54) is 12.3 Å². The van der Waals surface area contributed by atoms with Crippen LogP contribution in [0.5, 0.6) is 0 Å². The first-order valence-corrected chi connectivity index (χ1v) is 3.98. The first-order chi connectivity index (χ1) is 6.11. The quantitative estimate of drug-likeness (QED) is 0.532. The number of rotatable bonds is 1. The van der Waals surface area contributed by atoms with Crippen molar-refractivity contribution in [3.63, 3.8) is 0 Å². The van der Waals surface area contributed by atoms with Gasteiger partial charge in [-0.15, -0.1) is 0 Å². The molecule has 1 rings (SSSR count). The van der Waals surface area contributed by atoms with Crippen molar-refractivity contribution in [2.75, 3.05) is 5.73 Å². The summed E-state index contributed by atoms with van der Waals surface area (Å²) in [5, 5.41) is 10.2. The molecule has 0 aliphatic carbocycles. The molecule has 0 radical (unpaired) electrons. The van der Waals surface area contributed by atoms with E-state index < -0.39 is 4.92 Å². The Bertz CT molecular complexity index is 299. The standard InChI is InChI=1S/C6H7N3O2.C2H6/c1-4-2-6(9(10)11)8-3-5(4)7;1-2/h2-3H,7H2,1H3;1-2H3. The molecule has 2 N–H and O–H groups in total. The van der Waals surface area contributed by atoms with Crippen LogP contribution in [0.15, 0.2) is 12.3 Å². The fourth-order valence-corrected chi connectivity index (χ4v) is 0.652. The number of nitrogens with two attached hydrogens (primary N) is 1. The van der Waals surface area contributed by atoms with E-state index in [4.69, 9.17) is 5.73 Å². The van der Waals surface area contributed by atoms with Crippen LogP contribution in [-0.2, 0) is 0 Å². The summed E-state index contributed by atoms with van der Waals surface area (Å²) in [6, 6.07) is 1.34. The Morgan fingerprint density at radius 3 is 2.46 bits per heavy atom. The zero-order valence-corrected chi connectivity index (χ0v) is 7.94. The molecule has 1 aromatic heterocycles. The molecule has 1 heterocycles. The maximum absolute atomic E-state index is 10.2. The zero-order chi connectivity index (χ0) is 10.4. The van der Waals surface area contributed by atoms with Gasteiger partial charge in [0.25, 0.3) is 0 Å². The minimum atomic E-state index is -0.549. The summed E-state index contributed by atoms with van der Waals surface area (Å²) >= 11 is 0. The third kappa shape index (κ3) is 3.06. The number of hydrogen-bond donors (Lipinski definition) is 1. The van der Waals surface area contributed by atoms with Crippen LogP contribution in [0.1, 0.15) is 19.4 Å². The smallest absolute Gasteiger partial charge is 0.363 e. The summed E-state index contributed by atoms with van der Waals surface area (Å²) in [5.74, 6) is -0.170. The Morgan fingerprint density at radius 1 is 1.54 bits per heavy atom. The molecule has 72 valence electrons. The van der Waals surface area contributed by atoms with Crippen molar-refractivity contribution in [2.45, 2.75) is 20.8 Å². The molecule has 1 aromatic rings. The second-order valence-electron chi connectivity index (χ2n) is 2.16. The van der Waals surface area contributed by atoms with Crippen LogP contribution < -0.4 is 5.73 Å². The second kappa shape index (κ2) is 5.08. The van der Waals surface area contributed by atoms with Crippen molar-refractivity contribution in [3.05, 3.63) is 27.9 Å². The summed E-state index contributed by atoms with van der Waals surface area (Å²) in [6.07, 6.45) is 1.29. The molecule has 0 fully saturated rings. The van der Waals surface area contributed by atoms with Gasteiger partial charge in [-0.25, -0.2) is 0 Å². The number of aromatic nitrogens is 1. The highest BCUT2D eigenvalue weighted by Crippen LogP contribution is 2.14. The Hall–Kier alpha value is -1.65. The van der Waals surface area contributed by atoms with Gasteiger partial charge in [-0.3, -0.25) is 0 Å². The molecule has 0 atom stereocenters. The lowest BCUT2D eigenvalue weighted by Gasteiger charge is -1.95. The monoisotopic (exact) mass is 183 g/mol. The minimum absolute atomic E-state index is 0.170. The first kappa shape index (κ1) is 11.4. The molecular formula is C8H13N3O2. The summed E-state index contributed by atoms with van der Waals surface area (Å²) in [7, 11) is 0. The summed E-state index contributed by atoms with van der Waals surface area (Å²) < 4.78 is 0. The van der Waals surface area contributed by atoms with E-state index in [-0.39, 0.29) is 5.82 Å². The van der Waals surface area contributed by atoms with Gasteiger partial charge in [0.2, 0.25) is 0 Å². The topological polar surface area (TPSA) is 82.0 Å². The van der Waals surface area contributed by atoms with Crippen molar-refractivity contribution >= 4 is 11.5 Å². The van der Waals surface area contributed by atoms with Crippen molar-refractivity contribution < 1.29 is 4.92 Å². The van der Waals surface area contributed by atoms with Crippen LogP contribution in [0.25, 0.3) is 0 Å². The molecule has 5 heteroatoms. The van der Waals surface area contributed by atoms with E-state index in [1.54, 1.807) is 6.92 Å². The van der Waals surface area contributed by atoms with Crippen molar-refractivity contribution in [1.82, 2.24) is 4.98 Å². The van der Waals surface area contributed by atoms with Gasteiger partial charge in [-0.2, -0.15) is 0 Å². The van der Waals surface area contributed by atoms with Crippen LogP contribution in [-0.4, -0.2) is 9.91 Å². The predicted molar refractivity (Wildman–Crippen MR) is 51.4 cm³/mol. The Kier molecular flexibility index (Phi) is 4.43. The Morgan fingerprint density at radius 2 is 2.08 bits per heavy atom. The largest absolute Gasteiger partial charge is 0.395 e. The van der Waals surface area contributed by atoms with Crippen LogP contribution in [0.2, 0.25) is 0 Å². The van der Waals surface area contributed by atoms with Gasteiger partial charge in [0.05, 0.1) is 5.69 Å². The van der Waals surface area contributed by atoms with Crippen LogP contribution in [0.4, 0.5) is 11.5 Å². The molecule has 0 bridgehead atoms. The lowest BCUT2D eigenvalue weighted by Crippen LogP contribution is -1.96. The lowest BCUT2D eigenvalue weighted by molar-refractivity contribution is -0.389. The molecule has 5 nitrogen and oxygen atoms in total. The molecular weight excluding hydrogens is 170 g/mol. The number of pyridine rings is 1. The van der Waals surface area contributed by atoms with Crippen molar-refractivity contribution in [3.8, 4) is 0 Å². The highest BCUT2D eigenvalue weighted by atomic mass is 16.6. The van der Waals surface area contributed by atoms with Gasteiger partial charge in [0.15, 0.2) is 6.20 Å². The number of anilines is 1. The fraction of sp³-hybridized carbons (Fsp3) is 0.375. The van der Waals surface area contributed by atoms with Gasteiger partial charge < -0.3 is 15.8 Å². The van der Waals surface area contributed by atoms with Crippen LogP contribution in [0, 0.1) is 17.0 Å². The highest BCUT2D eigenvalue weighted by Gasteiger charge is 2.07. The molecule has 0 aromatic carbocycles. The molecule has 13 heavy (non-hydrogen) atoms. The maximum atomic E-state index is 10.2. The third-order valence-corrected chi connectivity index (χ3v) is 1.32. The molecule has 0 saturated heterocycles. The van der Waals surface area contributed by atoms with Crippen LogP contribution >= 0.6 is 0 Å². The SMILES string of the molecule is CC.Cc1cc([N+](=O)[O-])ncc1N. The van der Waals surface area contributed by atoms with Crippen molar-refractivity contribution in [1.29, 1.82) is 0 Å². The minimum Gasteiger partial charge on any atom is -0.395 e. The molecule has 0 amide bonds. The van der Waals surface area contributed by atoms with Crippen molar-refractivity contribution in [2.24, 2.45) is 0 Å². The third-order valence-electron chi connectivity index (χ3n) is 1.32. The van der Waals surface area contributed by atoms with Gasteiger partial charge in [0.1, 0.15) is 0 Å². The van der Waals surface area contributed by atoms with Gasteiger partial charge in [-0.1, -0.05) is 13.8 Å². The summed E-state index contributed by atoms with van der Waals surface area (Å²) in [5.41, 5.74) is 6.54. The van der Waals surface area contributed by atoms with E-state index in [0.717, 1.165) is 0 Å². The van der Waals surface area contributed by atoms with E-state index in [0.29, 0.717) is 11.3 Å². The second-order valence-corrected chi connectivity index (χ2v) is 2.16. The summed E-state index contributed by atoms with van der Waals surface area (Å²) in [6.45, 7) is 5.70. The zero-order valence-electron chi connectivity index (χ0n) is 7.94. The Balaban J connectivity index is 0.000000671. The number of nitrogen functional groups attached to an aromatic ring is 1. The lowest BCUT2D eigenvalue weighted by atomic mass is 10.2. The number of aryl methyl sites for hydroxylation is 1. The van der Waals surface area contributed by atoms with E-state index in [1.807, 2.05) is 13.8 Å². The number of nitrogens with zero attached hydrogens (tertiary/aromatic N) is 2.